The molecule has 0 aromatic rings. The fourth-order valence-electron chi connectivity index (χ4n) is 1.34. The molecule has 0 saturated carbocycles. The highest BCUT2D eigenvalue weighted by Crippen LogP contribution is 2.23. The van der Waals surface area contributed by atoms with Crippen LogP contribution >= 0.6 is 0 Å². The number of hydrogen-bond acceptors (Lipinski definition) is 2. The van der Waals surface area contributed by atoms with Crippen LogP contribution in [0.5, 0.6) is 0 Å². The van der Waals surface area contributed by atoms with Gasteiger partial charge in [-0.1, -0.05) is 19.1 Å². The Balaban J connectivity index is 2.81. The number of rotatable bonds is 1. The average molecular weight is 176 g/mol. The molecule has 0 spiro atoms. The molecule has 4 heteroatoms. The van der Waals surface area contributed by atoms with E-state index in [1.54, 1.807) is 6.08 Å². The lowest BCUT2D eigenvalue weighted by molar-refractivity contribution is 0.426. The molecule has 11 heavy (non-hydrogen) atoms. The molecule has 0 fully saturated rings. The highest BCUT2D eigenvalue weighted by Gasteiger charge is 2.28. The van der Waals surface area contributed by atoms with Crippen molar-refractivity contribution in [2.45, 2.75) is 25.0 Å². The monoisotopic (exact) mass is 176 g/mol. The molecular weight excluding hydrogens is 164 g/mol. The topological polar surface area (TPSA) is 54.4 Å². The summed E-state index contributed by atoms with van der Waals surface area (Å²) >= 11 is 0. The van der Waals surface area contributed by atoms with Crippen molar-refractivity contribution in [3.8, 4) is 0 Å². The summed E-state index contributed by atoms with van der Waals surface area (Å²) in [5.41, 5.74) is 0. The molecule has 3 nitrogen and oxygen atoms in total. The van der Waals surface area contributed by atoms with E-state index in [0.717, 1.165) is 6.42 Å². The standard InChI is InChI=1S/C7H12O3S/c1-6-4-2-3-5-7(6)11(8,9)10/h2-3,6-7H,4-5H2,1H3,(H,8,9,10). The lowest BCUT2D eigenvalue weighted by atomic mass is 9.96. The molecular formula is C7H12O3S. The zero-order valence-electron chi connectivity index (χ0n) is 6.40. The summed E-state index contributed by atoms with van der Waals surface area (Å²) in [6.45, 7) is 1.84. The number of hydrogen-bond donors (Lipinski definition) is 1. The highest BCUT2D eigenvalue weighted by atomic mass is 32.2. The van der Waals surface area contributed by atoms with E-state index in [0.29, 0.717) is 6.42 Å². The van der Waals surface area contributed by atoms with Crippen LogP contribution in [0.15, 0.2) is 12.2 Å². The fourth-order valence-corrected chi connectivity index (χ4v) is 2.39. The maximum atomic E-state index is 10.7. The van der Waals surface area contributed by atoms with Gasteiger partial charge in [0.1, 0.15) is 0 Å². The first-order valence-electron chi connectivity index (χ1n) is 3.63. The Labute approximate surface area is 66.9 Å². The molecule has 1 aliphatic rings. The Morgan fingerprint density at radius 3 is 2.27 bits per heavy atom. The third-order valence-electron chi connectivity index (χ3n) is 2.06. The van der Waals surface area contributed by atoms with Crippen LogP contribution in [0.4, 0.5) is 0 Å². The molecule has 2 unspecified atom stereocenters. The van der Waals surface area contributed by atoms with Crippen molar-refractivity contribution >= 4 is 10.1 Å². The Kier molecular flexibility index (Phi) is 2.34. The zero-order chi connectivity index (χ0) is 8.48. The van der Waals surface area contributed by atoms with E-state index in [-0.39, 0.29) is 5.92 Å². The van der Waals surface area contributed by atoms with E-state index in [4.69, 9.17) is 4.55 Å². The predicted molar refractivity (Wildman–Crippen MR) is 42.9 cm³/mol. The van der Waals surface area contributed by atoms with E-state index >= 15 is 0 Å². The summed E-state index contributed by atoms with van der Waals surface area (Å²) in [7, 11) is -3.83. The Morgan fingerprint density at radius 1 is 1.36 bits per heavy atom. The largest absolute Gasteiger partial charge is 0.285 e. The van der Waals surface area contributed by atoms with E-state index in [9.17, 15) is 8.42 Å². The van der Waals surface area contributed by atoms with Crippen LogP contribution in [0, 0.1) is 5.92 Å². The Morgan fingerprint density at radius 2 is 1.91 bits per heavy atom. The van der Waals surface area contributed by atoms with Crippen LogP contribution in [0.2, 0.25) is 0 Å². The second kappa shape index (κ2) is 2.95. The van der Waals surface area contributed by atoms with Crippen molar-refractivity contribution in [3.63, 3.8) is 0 Å². The second-order valence-electron chi connectivity index (χ2n) is 2.97. The van der Waals surface area contributed by atoms with Crippen molar-refractivity contribution in [1.82, 2.24) is 0 Å². The van der Waals surface area contributed by atoms with Gasteiger partial charge in [0.2, 0.25) is 0 Å². The molecule has 0 radical (unpaired) electrons. The summed E-state index contributed by atoms with van der Waals surface area (Å²) in [5, 5.41) is -0.590. The van der Waals surface area contributed by atoms with Gasteiger partial charge in [0.15, 0.2) is 0 Å². The smallest absolute Gasteiger partial charge is 0.268 e. The molecule has 0 heterocycles. The molecule has 1 aliphatic carbocycles. The highest BCUT2D eigenvalue weighted by molar-refractivity contribution is 7.86. The van der Waals surface area contributed by atoms with Gasteiger partial charge >= 0.3 is 0 Å². The lowest BCUT2D eigenvalue weighted by Gasteiger charge is -2.21. The summed E-state index contributed by atoms with van der Waals surface area (Å²) in [6.07, 6.45) is 4.94. The van der Waals surface area contributed by atoms with Crippen LogP contribution in [0.25, 0.3) is 0 Å². The van der Waals surface area contributed by atoms with Gasteiger partial charge in [-0.15, -0.1) is 0 Å². The first kappa shape index (κ1) is 8.74. The van der Waals surface area contributed by atoms with Gasteiger partial charge in [-0.25, -0.2) is 0 Å². The van der Waals surface area contributed by atoms with Gasteiger partial charge in [0.25, 0.3) is 10.1 Å². The maximum Gasteiger partial charge on any atom is 0.268 e. The fraction of sp³-hybridized carbons (Fsp3) is 0.714. The van der Waals surface area contributed by atoms with Gasteiger partial charge in [0.05, 0.1) is 5.25 Å². The van der Waals surface area contributed by atoms with Gasteiger partial charge in [-0.2, -0.15) is 8.42 Å². The first-order chi connectivity index (χ1) is 5.02. The molecule has 0 aromatic carbocycles. The SMILES string of the molecule is CC1CC=CCC1S(=O)(=O)O. The molecule has 0 bridgehead atoms. The average Bonchev–Trinajstić information content (AvgIpc) is 1.86. The third kappa shape index (κ3) is 2.04. The maximum absolute atomic E-state index is 10.7. The predicted octanol–water partition coefficient (Wildman–Crippen LogP) is 1.23. The van der Waals surface area contributed by atoms with Gasteiger partial charge < -0.3 is 0 Å². The van der Waals surface area contributed by atoms with Crippen LogP contribution in [-0.4, -0.2) is 18.2 Å². The third-order valence-corrected chi connectivity index (χ3v) is 3.48. The van der Waals surface area contributed by atoms with Crippen molar-refractivity contribution in [3.05, 3.63) is 12.2 Å². The molecule has 0 saturated heterocycles. The van der Waals surface area contributed by atoms with E-state index in [2.05, 4.69) is 0 Å². The number of allylic oxidation sites excluding steroid dienone is 2. The summed E-state index contributed by atoms with van der Waals surface area (Å²) in [4.78, 5) is 0. The van der Waals surface area contributed by atoms with Gasteiger partial charge in [-0.3, -0.25) is 4.55 Å². The summed E-state index contributed by atoms with van der Waals surface area (Å²) < 4.78 is 30.2. The van der Waals surface area contributed by atoms with Gasteiger partial charge in [-0.05, 0) is 18.8 Å². The normalized spacial score (nSPS) is 32.2. The lowest BCUT2D eigenvalue weighted by Crippen LogP contribution is -2.28. The van der Waals surface area contributed by atoms with Crippen LogP contribution in [0.1, 0.15) is 19.8 Å². The van der Waals surface area contributed by atoms with Crippen LogP contribution < -0.4 is 0 Å². The molecule has 0 aromatic heterocycles. The van der Waals surface area contributed by atoms with Crippen molar-refractivity contribution in [2.75, 3.05) is 0 Å². The quantitative estimate of drug-likeness (QED) is 0.483. The van der Waals surface area contributed by atoms with Crippen molar-refractivity contribution in [2.24, 2.45) is 5.92 Å². The van der Waals surface area contributed by atoms with Crippen molar-refractivity contribution < 1.29 is 13.0 Å². The molecule has 2 atom stereocenters. The molecule has 0 amide bonds. The molecule has 1 rings (SSSR count). The molecule has 1 N–H and O–H groups in total. The zero-order valence-corrected chi connectivity index (χ0v) is 7.21. The Bertz CT molecular complexity index is 253. The van der Waals surface area contributed by atoms with Gasteiger partial charge in [0, 0.05) is 0 Å². The second-order valence-corrected chi connectivity index (χ2v) is 4.61. The Hall–Kier alpha value is -0.350. The summed E-state index contributed by atoms with van der Waals surface area (Å²) in [5.74, 6) is 0.0370. The minimum Gasteiger partial charge on any atom is -0.285 e. The van der Waals surface area contributed by atoms with E-state index in [1.165, 1.54) is 0 Å². The summed E-state index contributed by atoms with van der Waals surface area (Å²) in [6, 6.07) is 0. The minimum atomic E-state index is -3.83. The minimum absolute atomic E-state index is 0.0370. The first-order valence-corrected chi connectivity index (χ1v) is 5.13. The van der Waals surface area contributed by atoms with E-state index < -0.39 is 15.4 Å². The molecule has 0 aliphatic heterocycles. The van der Waals surface area contributed by atoms with Crippen LogP contribution in [0.3, 0.4) is 0 Å². The van der Waals surface area contributed by atoms with Crippen molar-refractivity contribution in [1.29, 1.82) is 0 Å². The van der Waals surface area contributed by atoms with E-state index in [1.807, 2.05) is 13.0 Å². The van der Waals surface area contributed by atoms with Crippen LogP contribution in [-0.2, 0) is 10.1 Å². The molecule has 64 valence electrons.